The predicted molar refractivity (Wildman–Crippen MR) is 73.3 cm³/mol. The highest BCUT2D eigenvalue weighted by Crippen LogP contribution is 2.39. The van der Waals surface area contributed by atoms with Crippen LogP contribution in [0.2, 0.25) is 0 Å². The van der Waals surface area contributed by atoms with Gasteiger partial charge in [0.25, 0.3) is 0 Å². The molecule has 2 aliphatic heterocycles. The first kappa shape index (κ1) is 11.2. The second-order valence-corrected chi connectivity index (χ2v) is 6.00. The van der Waals surface area contributed by atoms with Gasteiger partial charge in [0, 0.05) is 28.0 Å². The molecular weight excluding hydrogens is 325 g/mol. The summed E-state index contributed by atoms with van der Waals surface area (Å²) in [7, 11) is 0. The number of nitrogens with zero attached hydrogens (tertiary/aromatic N) is 2. The maximum Gasteiger partial charge on any atom is 0.0873 e. The molecule has 0 spiro atoms. The summed E-state index contributed by atoms with van der Waals surface area (Å²) in [5, 5.41) is 13.1. The number of nitriles is 1. The van der Waals surface area contributed by atoms with Gasteiger partial charge < -0.3 is 5.32 Å². The van der Waals surface area contributed by atoms with E-state index in [-0.39, 0.29) is 5.41 Å². The van der Waals surface area contributed by atoms with Crippen LogP contribution in [0.3, 0.4) is 0 Å². The lowest BCUT2D eigenvalue weighted by Crippen LogP contribution is -2.46. The predicted octanol–water partition coefficient (Wildman–Crippen LogP) is 2.14. The van der Waals surface area contributed by atoms with Crippen molar-refractivity contribution in [3.05, 3.63) is 39.7 Å². The number of pyridine rings is 1. The lowest BCUT2D eigenvalue weighted by Gasteiger charge is -2.36. The highest BCUT2D eigenvalue weighted by atomic mass is 127. The number of hydrogen-bond acceptors (Lipinski definition) is 3. The van der Waals surface area contributed by atoms with Crippen molar-refractivity contribution < 1.29 is 0 Å². The van der Waals surface area contributed by atoms with Gasteiger partial charge in [-0.1, -0.05) is 12.2 Å². The number of hydrogen-bond donors (Lipinski definition) is 1. The van der Waals surface area contributed by atoms with Gasteiger partial charge in [0.05, 0.1) is 11.5 Å². The summed E-state index contributed by atoms with van der Waals surface area (Å²) in [6.07, 6.45) is 9.73. The molecule has 0 aliphatic carbocycles. The molecule has 0 aromatic carbocycles. The van der Waals surface area contributed by atoms with Gasteiger partial charge in [-0.15, -0.1) is 0 Å². The molecule has 1 saturated heterocycles. The Morgan fingerprint density at radius 3 is 2.65 bits per heavy atom. The van der Waals surface area contributed by atoms with Crippen molar-refractivity contribution >= 4 is 22.6 Å². The van der Waals surface area contributed by atoms with Crippen LogP contribution in [0, 0.1) is 14.9 Å². The first-order valence-corrected chi connectivity index (χ1v) is 6.76. The lowest BCUT2D eigenvalue weighted by molar-refractivity contribution is 0.319. The molecule has 1 fully saturated rings. The quantitative estimate of drug-likeness (QED) is 0.631. The minimum absolute atomic E-state index is 0.339. The second kappa shape index (κ2) is 4.07. The molecule has 86 valence electrons. The summed E-state index contributed by atoms with van der Waals surface area (Å²) in [5.41, 5.74) is 0.685. The van der Waals surface area contributed by atoms with Gasteiger partial charge in [-0.3, -0.25) is 4.98 Å². The van der Waals surface area contributed by atoms with Crippen LogP contribution in [-0.4, -0.2) is 17.1 Å². The summed E-state index contributed by atoms with van der Waals surface area (Å²) in [4.78, 5) is 4.22. The molecule has 17 heavy (non-hydrogen) atoms. The molecule has 4 heteroatoms. The average Bonchev–Trinajstić information content (AvgIpc) is 2.69. The first-order chi connectivity index (χ1) is 8.22. The average molecular weight is 337 g/mol. The van der Waals surface area contributed by atoms with Gasteiger partial charge in [0.2, 0.25) is 0 Å². The normalized spacial score (nSPS) is 34.6. The SMILES string of the molecule is N#C[C@@]1(c2cncc(I)c2)C[C@H]2C=C[C@@H](C1)N2. The molecule has 0 unspecified atom stereocenters. The molecule has 2 aliphatic rings. The van der Waals surface area contributed by atoms with Gasteiger partial charge in [-0.2, -0.15) is 5.26 Å². The van der Waals surface area contributed by atoms with Gasteiger partial charge in [-0.25, -0.2) is 0 Å². The van der Waals surface area contributed by atoms with E-state index in [1.54, 1.807) is 0 Å². The molecule has 0 saturated carbocycles. The summed E-state index contributed by atoms with van der Waals surface area (Å²) in [6.45, 7) is 0. The van der Waals surface area contributed by atoms with E-state index in [1.807, 2.05) is 12.4 Å². The Hall–Kier alpha value is -0.930. The smallest absolute Gasteiger partial charge is 0.0873 e. The molecule has 0 radical (unpaired) electrons. The highest BCUT2D eigenvalue weighted by molar-refractivity contribution is 14.1. The zero-order valence-corrected chi connectivity index (χ0v) is 11.4. The molecule has 1 N–H and O–H groups in total. The number of halogens is 1. The van der Waals surface area contributed by atoms with Gasteiger partial charge in [0.1, 0.15) is 0 Å². The molecular formula is C13H12IN3. The second-order valence-electron chi connectivity index (χ2n) is 4.76. The highest BCUT2D eigenvalue weighted by Gasteiger charge is 2.43. The van der Waals surface area contributed by atoms with Crippen LogP contribution >= 0.6 is 22.6 Å². The van der Waals surface area contributed by atoms with Crippen molar-refractivity contribution in [2.75, 3.05) is 0 Å². The summed E-state index contributed by atoms with van der Waals surface area (Å²) >= 11 is 2.25. The molecule has 3 heterocycles. The van der Waals surface area contributed by atoms with Crippen LogP contribution in [0.4, 0.5) is 0 Å². The van der Waals surface area contributed by atoms with Crippen molar-refractivity contribution in [2.45, 2.75) is 30.3 Å². The van der Waals surface area contributed by atoms with Gasteiger partial charge in [0.15, 0.2) is 0 Å². The Morgan fingerprint density at radius 2 is 2.06 bits per heavy atom. The summed E-state index contributed by atoms with van der Waals surface area (Å²) < 4.78 is 1.09. The fourth-order valence-corrected chi connectivity index (χ4v) is 3.30. The van der Waals surface area contributed by atoms with E-state index in [4.69, 9.17) is 0 Å². The topological polar surface area (TPSA) is 48.7 Å². The Morgan fingerprint density at radius 1 is 1.35 bits per heavy atom. The van der Waals surface area contributed by atoms with Crippen molar-refractivity contribution in [3.8, 4) is 6.07 Å². The van der Waals surface area contributed by atoms with E-state index in [9.17, 15) is 5.26 Å². The Balaban J connectivity index is 2.02. The first-order valence-electron chi connectivity index (χ1n) is 5.68. The van der Waals surface area contributed by atoms with Crippen LogP contribution in [0.1, 0.15) is 18.4 Å². The van der Waals surface area contributed by atoms with E-state index in [1.165, 1.54) is 0 Å². The zero-order valence-electron chi connectivity index (χ0n) is 9.23. The Bertz CT molecular complexity index is 504. The van der Waals surface area contributed by atoms with Crippen LogP contribution in [0.5, 0.6) is 0 Å². The molecule has 3 rings (SSSR count). The third-order valence-corrected chi connectivity index (χ3v) is 4.20. The molecule has 1 aromatic rings. The lowest BCUT2D eigenvalue weighted by atomic mass is 9.72. The van der Waals surface area contributed by atoms with Gasteiger partial charge >= 0.3 is 0 Å². The van der Waals surface area contributed by atoms with Crippen molar-refractivity contribution in [1.82, 2.24) is 10.3 Å². The molecule has 0 amide bonds. The van der Waals surface area contributed by atoms with E-state index in [0.717, 1.165) is 22.0 Å². The molecule has 2 bridgehead atoms. The fourth-order valence-electron chi connectivity index (χ4n) is 2.81. The summed E-state index contributed by atoms with van der Waals surface area (Å²) in [5.74, 6) is 0. The largest absolute Gasteiger partial charge is 0.304 e. The van der Waals surface area contributed by atoms with Crippen LogP contribution in [0.25, 0.3) is 0 Å². The zero-order chi connectivity index (χ0) is 11.9. The van der Waals surface area contributed by atoms with Crippen LogP contribution < -0.4 is 5.32 Å². The third-order valence-electron chi connectivity index (χ3n) is 3.61. The van der Waals surface area contributed by atoms with Crippen molar-refractivity contribution in [2.24, 2.45) is 0 Å². The number of aromatic nitrogens is 1. The molecule has 3 nitrogen and oxygen atoms in total. The fraction of sp³-hybridized carbons (Fsp3) is 0.385. The van der Waals surface area contributed by atoms with E-state index in [2.05, 4.69) is 57.2 Å². The Kier molecular flexibility index (Phi) is 2.68. The number of piperidine rings is 1. The number of rotatable bonds is 1. The van der Waals surface area contributed by atoms with Crippen molar-refractivity contribution in [3.63, 3.8) is 0 Å². The van der Waals surface area contributed by atoms with Crippen LogP contribution in [0.15, 0.2) is 30.6 Å². The number of fused-ring (bicyclic) bond motifs is 2. The van der Waals surface area contributed by atoms with Crippen LogP contribution in [-0.2, 0) is 5.41 Å². The molecule has 3 atom stereocenters. The maximum absolute atomic E-state index is 9.61. The Labute approximate surface area is 114 Å². The monoisotopic (exact) mass is 337 g/mol. The molecule has 1 aromatic heterocycles. The standard InChI is InChI=1S/C13H12IN3/c14-10-3-9(6-16-7-10)13(8-15)4-11-1-2-12(5-13)17-11/h1-3,6-7,11-12,17H,4-5H2/t11-,12+,13-. The van der Waals surface area contributed by atoms with E-state index in [0.29, 0.717) is 12.1 Å². The van der Waals surface area contributed by atoms with E-state index >= 15 is 0 Å². The van der Waals surface area contributed by atoms with E-state index < -0.39 is 0 Å². The van der Waals surface area contributed by atoms with Gasteiger partial charge in [-0.05, 0) is 47.1 Å². The third kappa shape index (κ3) is 1.87. The minimum atomic E-state index is -0.377. The minimum Gasteiger partial charge on any atom is -0.304 e. The summed E-state index contributed by atoms with van der Waals surface area (Å²) in [6, 6.07) is 5.30. The maximum atomic E-state index is 9.61. The number of nitrogens with one attached hydrogen (secondary N) is 1. The van der Waals surface area contributed by atoms with Crippen molar-refractivity contribution in [1.29, 1.82) is 5.26 Å².